The van der Waals surface area contributed by atoms with E-state index in [1.807, 2.05) is 6.92 Å². The molecule has 0 spiro atoms. The second-order valence-electron chi connectivity index (χ2n) is 4.17. The Morgan fingerprint density at radius 1 is 1.11 bits per heavy atom. The molecule has 0 heterocycles. The highest BCUT2D eigenvalue weighted by Crippen LogP contribution is 2.19. The van der Waals surface area contributed by atoms with Gasteiger partial charge in [-0.2, -0.15) is 0 Å². The van der Waals surface area contributed by atoms with Crippen molar-refractivity contribution >= 4 is 12.4 Å². The third kappa shape index (κ3) is 4.59. The average Bonchev–Trinajstić information content (AvgIpc) is 2.27. The summed E-state index contributed by atoms with van der Waals surface area (Å²) in [6, 6.07) is 2.33. The second-order valence-corrected chi connectivity index (χ2v) is 4.17. The standard InChI is InChI=1S/C12H16BF4O/c1-2-3-4-5-8-18-12-9-10(14)6-7-11(12)13(15,16)17/h6-7,9H,2-5,8H2,1H3/q-1. The molecule has 0 saturated carbocycles. The number of benzene rings is 1. The highest BCUT2D eigenvalue weighted by molar-refractivity contribution is 6.74. The van der Waals surface area contributed by atoms with Crippen molar-refractivity contribution in [3.05, 3.63) is 24.0 Å². The summed E-state index contributed by atoms with van der Waals surface area (Å²) in [5.41, 5.74) is -0.869. The maximum absolute atomic E-state index is 12.9. The fraction of sp³-hybridized carbons (Fsp3) is 0.500. The molecule has 0 bridgehead atoms. The zero-order valence-electron chi connectivity index (χ0n) is 10.3. The molecule has 0 aromatic heterocycles. The van der Waals surface area contributed by atoms with E-state index in [1.165, 1.54) is 0 Å². The smallest absolute Gasteiger partial charge is 0.496 e. The van der Waals surface area contributed by atoms with Crippen molar-refractivity contribution < 1.29 is 22.1 Å². The molecular weight excluding hydrogens is 247 g/mol. The van der Waals surface area contributed by atoms with Crippen LogP contribution in [0.25, 0.3) is 0 Å². The molecule has 0 N–H and O–H groups in total. The summed E-state index contributed by atoms with van der Waals surface area (Å²) in [6.07, 6.45) is 3.63. The quantitative estimate of drug-likeness (QED) is 0.412. The number of rotatable bonds is 7. The summed E-state index contributed by atoms with van der Waals surface area (Å²) >= 11 is 0. The normalized spacial score (nSPS) is 11.6. The molecule has 102 valence electrons. The summed E-state index contributed by atoms with van der Waals surface area (Å²) in [4.78, 5) is 0. The largest absolute Gasteiger partial charge is 0.513 e. The van der Waals surface area contributed by atoms with E-state index in [0.717, 1.165) is 37.5 Å². The van der Waals surface area contributed by atoms with E-state index in [-0.39, 0.29) is 6.61 Å². The van der Waals surface area contributed by atoms with E-state index < -0.39 is 24.0 Å². The summed E-state index contributed by atoms with van der Waals surface area (Å²) in [7, 11) is 0. The molecule has 1 aromatic carbocycles. The molecule has 18 heavy (non-hydrogen) atoms. The molecule has 0 aliphatic heterocycles. The van der Waals surface area contributed by atoms with Crippen LogP contribution in [0.15, 0.2) is 18.2 Å². The third-order valence-electron chi connectivity index (χ3n) is 2.58. The number of ether oxygens (including phenoxy) is 1. The Labute approximate surface area is 104 Å². The Kier molecular flexibility index (Phi) is 5.50. The van der Waals surface area contributed by atoms with Crippen molar-refractivity contribution in [1.29, 1.82) is 0 Å². The van der Waals surface area contributed by atoms with Crippen molar-refractivity contribution in [2.75, 3.05) is 6.61 Å². The van der Waals surface area contributed by atoms with Crippen LogP contribution in [0.4, 0.5) is 17.3 Å². The first-order valence-electron chi connectivity index (χ1n) is 6.07. The first-order chi connectivity index (χ1) is 8.45. The van der Waals surface area contributed by atoms with Gasteiger partial charge in [-0.1, -0.05) is 37.7 Å². The monoisotopic (exact) mass is 263 g/mol. The van der Waals surface area contributed by atoms with E-state index in [9.17, 15) is 17.3 Å². The molecule has 0 aliphatic carbocycles. The van der Waals surface area contributed by atoms with Crippen LogP contribution < -0.4 is 10.2 Å². The topological polar surface area (TPSA) is 9.23 Å². The third-order valence-corrected chi connectivity index (χ3v) is 2.58. The summed E-state index contributed by atoms with van der Waals surface area (Å²) in [5, 5.41) is 0. The fourth-order valence-corrected chi connectivity index (χ4v) is 1.61. The van der Waals surface area contributed by atoms with Gasteiger partial charge in [-0.25, -0.2) is 4.39 Å². The van der Waals surface area contributed by atoms with Gasteiger partial charge < -0.3 is 17.7 Å². The molecule has 1 aromatic rings. The van der Waals surface area contributed by atoms with Crippen molar-refractivity contribution in [1.82, 2.24) is 0 Å². The molecule has 0 amide bonds. The predicted octanol–water partition coefficient (Wildman–Crippen LogP) is 3.84. The van der Waals surface area contributed by atoms with Crippen molar-refractivity contribution in [3.63, 3.8) is 0 Å². The lowest BCUT2D eigenvalue weighted by molar-refractivity contribution is 0.304. The Morgan fingerprint density at radius 3 is 2.44 bits per heavy atom. The van der Waals surface area contributed by atoms with E-state index in [4.69, 9.17) is 4.74 Å². The molecule has 0 saturated heterocycles. The fourth-order valence-electron chi connectivity index (χ4n) is 1.61. The van der Waals surface area contributed by atoms with Crippen LogP contribution >= 0.6 is 0 Å². The van der Waals surface area contributed by atoms with Crippen molar-refractivity contribution in [3.8, 4) is 5.75 Å². The Morgan fingerprint density at radius 2 is 1.83 bits per heavy atom. The van der Waals surface area contributed by atoms with Crippen LogP contribution in [-0.2, 0) is 0 Å². The van der Waals surface area contributed by atoms with Gasteiger partial charge >= 0.3 is 6.98 Å². The molecule has 6 heteroatoms. The lowest BCUT2D eigenvalue weighted by Gasteiger charge is -2.19. The van der Waals surface area contributed by atoms with Gasteiger partial charge in [0.2, 0.25) is 0 Å². The minimum Gasteiger partial charge on any atom is -0.496 e. The number of halogens is 4. The van der Waals surface area contributed by atoms with Gasteiger partial charge in [-0.15, -0.1) is 0 Å². The average molecular weight is 263 g/mol. The van der Waals surface area contributed by atoms with Crippen LogP contribution in [0.2, 0.25) is 0 Å². The molecule has 0 atom stereocenters. The Hall–Kier alpha value is -1.20. The maximum Gasteiger partial charge on any atom is 0.513 e. The van der Waals surface area contributed by atoms with Crippen LogP contribution in [-0.4, -0.2) is 13.6 Å². The highest BCUT2D eigenvalue weighted by Gasteiger charge is 2.29. The molecular formula is C12H16BF4O-. The zero-order valence-corrected chi connectivity index (χ0v) is 10.3. The molecule has 0 aliphatic rings. The Bertz CT molecular complexity index is 379. The zero-order chi connectivity index (χ0) is 13.6. The van der Waals surface area contributed by atoms with Gasteiger partial charge in [0.25, 0.3) is 0 Å². The lowest BCUT2D eigenvalue weighted by Crippen LogP contribution is -2.35. The van der Waals surface area contributed by atoms with E-state index >= 15 is 0 Å². The van der Waals surface area contributed by atoms with Crippen LogP contribution in [0, 0.1) is 5.82 Å². The van der Waals surface area contributed by atoms with Crippen LogP contribution in [0.1, 0.15) is 32.6 Å². The van der Waals surface area contributed by atoms with Gasteiger partial charge in [0.05, 0.1) is 12.4 Å². The van der Waals surface area contributed by atoms with Gasteiger partial charge in [0, 0.05) is 6.07 Å². The molecule has 1 rings (SSSR count). The summed E-state index contributed by atoms with van der Waals surface area (Å²) < 4.78 is 56.0. The molecule has 0 fully saturated rings. The van der Waals surface area contributed by atoms with Crippen LogP contribution in [0.5, 0.6) is 5.75 Å². The highest BCUT2D eigenvalue weighted by atomic mass is 19.4. The minimum atomic E-state index is -5.17. The van der Waals surface area contributed by atoms with Crippen LogP contribution in [0.3, 0.4) is 0 Å². The van der Waals surface area contributed by atoms with Gasteiger partial charge in [-0.3, -0.25) is 0 Å². The number of unbranched alkanes of at least 4 members (excludes halogenated alkanes) is 3. The lowest BCUT2D eigenvalue weighted by atomic mass is 9.79. The maximum atomic E-state index is 12.9. The number of hydrogen-bond acceptors (Lipinski definition) is 1. The van der Waals surface area contributed by atoms with Gasteiger partial charge in [-0.05, 0) is 12.5 Å². The summed E-state index contributed by atoms with van der Waals surface area (Å²) in [5.74, 6) is -1.12. The molecule has 0 unspecified atom stereocenters. The van der Waals surface area contributed by atoms with E-state index in [0.29, 0.717) is 6.42 Å². The SMILES string of the molecule is CCCCCCOc1cc(F)ccc1[B-](F)(F)F. The van der Waals surface area contributed by atoms with E-state index in [2.05, 4.69) is 0 Å². The molecule has 0 radical (unpaired) electrons. The Balaban J connectivity index is 2.65. The minimum absolute atomic E-state index is 0.183. The van der Waals surface area contributed by atoms with Gasteiger partial charge in [0.1, 0.15) is 5.82 Å². The molecule has 1 nitrogen and oxygen atoms in total. The second kappa shape index (κ2) is 6.66. The van der Waals surface area contributed by atoms with Crippen molar-refractivity contribution in [2.24, 2.45) is 0 Å². The summed E-state index contributed by atoms with van der Waals surface area (Å²) in [6.45, 7) is -2.95. The van der Waals surface area contributed by atoms with Crippen molar-refractivity contribution in [2.45, 2.75) is 32.6 Å². The predicted molar refractivity (Wildman–Crippen MR) is 64.7 cm³/mol. The van der Waals surface area contributed by atoms with E-state index in [1.54, 1.807) is 0 Å². The first-order valence-corrected chi connectivity index (χ1v) is 6.07. The van der Waals surface area contributed by atoms with Gasteiger partial charge in [0.15, 0.2) is 0 Å². The first kappa shape index (κ1) is 14.9. The number of hydrogen-bond donors (Lipinski definition) is 0.